The van der Waals surface area contributed by atoms with E-state index in [1.165, 1.54) is 43.5 Å². The van der Waals surface area contributed by atoms with E-state index in [0.717, 1.165) is 9.71 Å². The SMILES string of the molecule is CC.Cc1nc2cc(F)c(Nc3cc(NC4CCCC4F)c(C(=O)NC[C@@H](F)C(C)(C)O)cn3)cc2s1. The van der Waals surface area contributed by atoms with Gasteiger partial charge in [-0.1, -0.05) is 13.8 Å². The van der Waals surface area contributed by atoms with E-state index < -0.39 is 42.3 Å². The van der Waals surface area contributed by atoms with Gasteiger partial charge in [0, 0.05) is 18.3 Å². The van der Waals surface area contributed by atoms with Crippen LogP contribution < -0.4 is 16.0 Å². The molecule has 1 aliphatic rings. The van der Waals surface area contributed by atoms with Gasteiger partial charge in [-0.25, -0.2) is 23.1 Å². The van der Waals surface area contributed by atoms with Gasteiger partial charge in [0.1, 0.15) is 24.0 Å². The van der Waals surface area contributed by atoms with E-state index in [1.807, 2.05) is 20.8 Å². The molecule has 1 fully saturated rings. The number of benzene rings is 1. The van der Waals surface area contributed by atoms with Gasteiger partial charge in [-0.2, -0.15) is 0 Å². The van der Waals surface area contributed by atoms with Crippen LogP contribution in [0.1, 0.15) is 62.3 Å². The zero-order chi connectivity index (χ0) is 27.3. The van der Waals surface area contributed by atoms with E-state index in [9.17, 15) is 23.1 Å². The number of alkyl halides is 2. The van der Waals surface area contributed by atoms with Crippen LogP contribution in [0.5, 0.6) is 0 Å². The first-order valence-corrected chi connectivity index (χ1v) is 13.2. The van der Waals surface area contributed by atoms with Crippen molar-refractivity contribution in [2.75, 3.05) is 17.2 Å². The summed E-state index contributed by atoms with van der Waals surface area (Å²) < 4.78 is 43.9. The van der Waals surface area contributed by atoms with Crippen molar-refractivity contribution in [1.29, 1.82) is 0 Å². The predicted octanol–water partition coefficient (Wildman–Crippen LogP) is 6.05. The maximum atomic E-state index is 14.7. The number of amides is 1. The monoisotopic (exact) mass is 537 g/mol. The number of hydrogen-bond acceptors (Lipinski definition) is 7. The summed E-state index contributed by atoms with van der Waals surface area (Å²) in [5.74, 6) is -0.891. The predicted molar refractivity (Wildman–Crippen MR) is 143 cm³/mol. The van der Waals surface area contributed by atoms with Gasteiger partial charge in [0.2, 0.25) is 0 Å². The quantitative estimate of drug-likeness (QED) is 0.279. The van der Waals surface area contributed by atoms with Crippen molar-refractivity contribution in [3.63, 3.8) is 0 Å². The second kappa shape index (κ2) is 12.1. The molecule has 202 valence electrons. The number of anilines is 3. The van der Waals surface area contributed by atoms with Crippen molar-refractivity contribution in [1.82, 2.24) is 15.3 Å². The van der Waals surface area contributed by atoms with Gasteiger partial charge in [0.05, 0.1) is 50.4 Å². The number of nitrogens with zero attached hydrogens (tertiary/aromatic N) is 2. The standard InChI is InChI=1S/C24H28F3N5O2S.C2H6/c1-12-30-19-7-15(26)18(8-20(19)35-12)32-22-9-17(31-16-6-4-5-14(16)25)13(10-28-22)23(33)29-11-21(27)24(2,3)34;1-2/h7-10,14,16,21,34H,4-6,11H2,1-3H3,(H,29,33)(H2,28,31,32);1-2H3/t14?,16?,21-;/m1./s1. The highest BCUT2D eigenvalue weighted by Crippen LogP contribution is 2.31. The average molecular weight is 538 g/mol. The number of pyridine rings is 1. The number of rotatable bonds is 8. The smallest absolute Gasteiger partial charge is 0.255 e. The molecule has 11 heteroatoms. The minimum atomic E-state index is -1.69. The molecule has 1 saturated carbocycles. The van der Waals surface area contributed by atoms with Crippen LogP contribution in [-0.2, 0) is 0 Å². The lowest BCUT2D eigenvalue weighted by Gasteiger charge is -2.23. The number of carbonyl (C=O) groups is 1. The van der Waals surface area contributed by atoms with Crippen molar-refractivity contribution >= 4 is 44.7 Å². The summed E-state index contributed by atoms with van der Waals surface area (Å²) >= 11 is 1.43. The molecule has 2 heterocycles. The molecule has 2 aromatic heterocycles. The fraction of sp³-hybridized carbons (Fsp3) is 0.500. The molecule has 0 bridgehead atoms. The molecule has 4 rings (SSSR count). The van der Waals surface area contributed by atoms with Gasteiger partial charge in [-0.05, 0) is 46.1 Å². The van der Waals surface area contributed by atoms with Gasteiger partial charge in [-0.15, -0.1) is 11.3 Å². The summed E-state index contributed by atoms with van der Waals surface area (Å²) in [6, 6.07) is 3.99. The van der Waals surface area contributed by atoms with E-state index in [4.69, 9.17) is 0 Å². The van der Waals surface area contributed by atoms with Crippen molar-refractivity contribution in [2.45, 2.75) is 77.9 Å². The zero-order valence-corrected chi connectivity index (χ0v) is 22.5. The first-order chi connectivity index (χ1) is 17.5. The van der Waals surface area contributed by atoms with Crippen molar-refractivity contribution in [3.05, 3.63) is 40.8 Å². The fourth-order valence-electron chi connectivity index (χ4n) is 3.93. The molecule has 37 heavy (non-hydrogen) atoms. The van der Waals surface area contributed by atoms with Crippen molar-refractivity contribution in [3.8, 4) is 0 Å². The summed E-state index contributed by atoms with van der Waals surface area (Å²) in [7, 11) is 0. The highest BCUT2D eigenvalue weighted by atomic mass is 32.1. The number of nitrogens with one attached hydrogen (secondary N) is 3. The van der Waals surface area contributed by atoms with Gasteiger partial charge >= 0.3 is 0 Å². The maximum Gasteiger partial charge on any atom is 0.255 e. The highest BCUT2D eigenvalue weighted by molar-refractivity contribution is 7.18. The summed E-state index contributed by atoms with van der Waals surface area (Å²) in [6.45, 7) is 8.05. The van der Waals surface area contributed by atoms with Crippen LogP contribution in [0.3, 0.4) is 0 Å². The third-order valence-corrected chi connectivity index (χ3v) is 6.91. The molecule has 7 nitrogen and oxygen atoms in total. The molecule has 1 aliphatic carbocycles. The number of carbonyl (C=O) groups excluding carboxylic acids is 1. The normalized spacial score (nSPS) is 18.2. The molecule has 0 spiro atoms. The van der Waals surface area contributed by atoms with E-state index in [2.05, 4.69) is 25.9 Å². The molecular weight excluding hydrogens is 503 g/mol. The third kappa shape index (κ3) is 7.10. The minimum Gasteiger partial charge on any atom is -0.387 e. The third-order valence-electron chi connectivity index (χ3n) is 5.98. The Hall–Kier alpha value is -2.92. The Kier molecular flexibility index (Phi) is 9.36. The fourth-order valence-corrected chi connectivity index (χ4v) is 4.77. The Morgan fingerprint density at radius 2 is 1.97 bits per heavy atom. The van der Waals surface area contributed by atoms with Crippen molar-refractivity contribution < 1.29 is 23.1 Å². The highest BCUT2D eigenvalue weighted by Gasteiger charge is 2.30. The lowest BCUT2D eigenvalue weighted by atomic mass is 10.0. The van der Waals surface area contributed by atoms with Gasteiger partial charge in [-0.3, -0.25) is 4.79 Å². The Bertz CT molecular complexity index is 1230. The van der Waals surface area contributed by atoms with E-state index in [0.29, 0.717) is 30.5 Å². The maximum absolute atomic E-state index is 14.7. The Morgan fingerprint density at radius 1 is 1.24 bits per heavy atom. The van der Waals surface area contributed by atoms with Crippen LogP contribution in [-0.4, -0.2) is 51.5 Å². The van der Waals surface area contributed by atoms with Crippen LogP contribution in [0.25, 0.3) is 10.2 Å². The first-order valence-electron chi connectivity index (χ1n) is 12.4. The van der Waals surface area contributed by atoms with Crippen LogP contribution in [0, 0.1) is 12.7 Å². The second-order valence-corrected chi connectivity index (χ2v) is 10.5. The number of fused-ring (bicyclic) bond motifs is 1. The average Bonchev–Trinajstić information content (AvgIpc) is 3.41. The van der Waals surface area contributed by atoms with E-state index >= 15 is 0 Å². The second-order valence-electron chi connectivity index (χ2n) is 9.30. The minimum absolute atomic E-state index is 0.0894. The first kappa shape index (κ1) is 28.6. The van der Waals surface area contributed by atoms with Gasteiger partial charge < -0.3 is 21.1 Å². The lowest BCUT2D eigenvalue weighted by Crippen LogP contribution is -2.42. The van der Waals surface area contributed by atoms with E-state index in [1.54, 1.807) is 6.07 Å². The zero-order valence-electron chi connectivity index (χ0n) is 21.7. The van der Waals surface area contributed by atoms with Crippen LogP contribution in [0.15, 0.2) is 24.4 Å². The number of aliphatic hydroxyl groups is 1. The van der Waals surface area contributed by atoms with Crippen LogP contribution >= 0.6 is 11.3 Å². The molecule has 1 amide bonds. The number of aryl methyl sites for hydroxylation is 1. The number of hydrogen-bond donors (Lipinski definition) is 4. The van der Waals surface area contributed by atoms with Crippen LogP contribution in [0.2, 0.25) is 0 Å². The molecular formula is C26H34F3N5O2S. The largest absolute Gasteiger partial charge is 0.387 e. The van der Waals surface area contributed by atoms with Crippen LogP contribution in [0.4, 0.5) is 30.4 Å². The lowest BCUT2D eigenvalue weighted by molar-refractivity contribution is -0.00177. The van der Waals surface area contributed by atoms with Gasteiger partial charge in [0.15, 0.2) is 0 Å². The Balaban J connectivity index is 0.00000186. The molecule has 0 saturated heterocycles. The summed E-state index contributed by atoms with van der Waals surface area (Å²) in [6.07, 6.45) is 0.238. The molecule has 0 aliphatic heterocycles. The van der Waals surface area contributed by atoms with Gasteiger partial charge in [0.25, 0.3) is 5.91 Å². The summed E-state index contributed by atoms with van der Waals surface area (Å²) in [5.41, 5.74) is -0.486. The Labute approximate surface area is 218 Å². The Morgan fingerprint density at radius 3 is 2.62 bits per heavy atom. The topological polar surface area (TPSA) is 99.2 Å². The molecule has 0 radical (unpaired) electrons. The van der Waals surface area contributed by atoms with E-state index in [-0.39, 0.29) is 17.1 Å². The molecule has 4 N–H and O–H groups in total. The number of aromatic nitrogens is 2. The number of thiazole rings is 1. The molecule has 2 unspecified atom stereocenters. The molecule has 1 aromatic carbocycles. The summed E-state index contributed by atoms with van der Waals surface area (Å²) in [4.78, 5) is 21.3. The molecule has 3 atom stereocenters. The molecule has 3 aromatic rings. The van der Waals surface area contributed by atoms with Crippen molar-refractivity contribution in [2.24, 2.45) is 0 Å². The summed E-state index contributed by atoms with van der Waals surface area (Å²) in [5, 5.41) is 19.0. The number of halogens is 3.